The third-order valence-corrected chi connectivity index (χ3v) is 3.09. The number of fused-ring (bicyclic) bond motifs is 1. The Hall–Kier alpha value is -1.48. The fourth-order valence-electron chi connectivity index (χ4n) is 1.82. The third kappa shape index (κ3) is 2.03. The fraction of sp³-hybridized carbons (Fsp3) is 0.333. The molecule has 1 aliphatic rings. The molecule has 88 valence electrons. The number of hydrogen-bond donors (Lipinski definition) is 0. The Bertz CT molecular complexity index is 509. The first-order chi connectivity index (χ1) is 8.19. The summed E-state index contributed by atoms with van der Waals surface area (Å²) >= 11 is 5.91. The van der Waals surface area contributed by atoms with Gasteiger partial charge in [-0.2, -0.15) is 4.79 Å². The van der Waals surface area contributed by atoms with Gasteiger partial charge in [0.25, 0.3) is 5.78 Å². The summed E-state index contributed by atoms with van der Waals surface area (Å²) in [7, 11) is 0. The monoisotopic (exact) mass is 250 g/mol. The molecule has 2 unspecified atom stereocenters. The van der Waals surface area contributed by atoms with Crippen molar-refractivity contribution < 1.29 is 14.3 Å². The quantitative estimate of drug-likeness (QED) is 0.470. The summed E-state index contributed by atoms with van der Waals surface area (Å²) in [6.07, 6.45) is -0.0706. The van der Waals surface area contributed by atoms with Crippen LogP contribution in [-0.4, -0.2) is 21.8 Å². The van der Waals surface area contributed by atoms with Crippen LogP contribution in [0.25, 0.3) is 5.53 Å². The molecule has 0 saturated carbocycles. The second-order valence-corrected chi connectivity index (χ2v) is 4.22. The van der Waals surface area contributed by atoms with Gasteiger partial charge in [-0.3, -0.25) is 4.79 Å². The van der Waals surface area contributed by atoms with Gasteiger partial charge in [0.15, 0.2) is 6.10 Å². The van der Waals surface area contributed by atoms with Gasteiger partial charge in [-0.1, -0.05) is 42.8 Å². The number of ketones is 1. The van der Waals surface area contributed by atoms with Gasteiger partial charge < -0.3 is 10.3 Å². The van der Waals surface area contributed by atoms with Crippen LogP contribution in [0, 0.1) is 0 Å². The number of carbonyl (C=O) groups is 1. The molecule has 0 fully saturated rings. The molecular weight excluding hydrogens is 240 g/mol. The summed E-state index contributed by atoms with van der Waals surface area (Å²) in [5.74, 6) is -0.312. The molecule has 1 aliphatic carbocycles. The zero-order valence-electron chi connectivity index (χ0n) is 9.26. The molecule has 0 saturated heterocycles. The number of ether oxygens (including phenoxy) is 1. The van der Waals surface area contributed by atoms with Gasteiger partial charge in [0.05, 0.1) is 0 Å². The van der Waals surface area contributed by atoms with Crippen molar-refractivity contribution in [3.8, 4) is 0 Å². The number of benzene rings is 1. The molecular formula is C12H11ClN2O2. The molecule has 0 bridgehead atoms. The van der Waals surface area contributed by atoms with Crippen LogP contribution in [0.2, 0.25) is 0 Å². The van der Waals surface area contributed by atoms with E-state index in [1.54, 1.807) is 24.3 Å². The van der Waals surface area contributed by atoms with Crippen molar-refractivity contribution in [1.29, 1.82) is 0 Å². The van der Waals surface area contributed by atoms with E-state index in [9.17, 15) is 4.79 Å². The molecule has 17 heavy (non-hydrogen) atoms. The van der Waals surface area contributed by atoms with E-state index in [0.29, 0.717) is 17.5 Å². The van der Waals surface area contributed by atoms with Crippen LogP contribution in [0.4, 0.5) is 0 Å². The number of hydrogen-bond acceptors (Lipinski definition) is 2. The van der Waals surface area contributed by atoms with E-state index in [4.69, 9.17) is 21.9 Å². The average molecular weight is 251 g/mol. The van der Waals surface area contributed by atoms with E-state index in [2.05, 4.69) is 4.79 Å². The highest BCUT2D eigenvalue weighted by Gasteiger charge is 2.44. The molecule has 0 radical (unpaired) electrons. The lowest BCUT2D eigenvalue weighted by Gasteiger charge is -2.12. The molecule has 5 heteroatoms. The summed E-state index contributed by atoms with van der Waals surface area (Å²) in [4.78, 5) is 14.9. The number of rotatable bonds is 3. The molecule has 0 spiro atoms. The largest absolute Gasteiger partial charge is 0.372 e. The first-order valence-electron chi connectivity index (χ1n) is 5.34. The number of alkyl halides is 1. The van der Waals surface area contributed by atoms with Gasteiger partial charge >= 0.3 is 5.71 Å². The zero-order valence-corrected chi connectivity index (χ0v) is 10.0. The summed E-state index contributed by atoms with van der Waals surface area (Å²) < 4.78 is 5.51. The zero-order chi connectivity index (χ0) is 12.4. The molecule has 4 nitrogen and oxygen atoms in total. The van der Waals surface area contributed by atoms with E-state index in [0.717, 1.165) is 0 Å². The highest BCUT2D eigenvalue weighted by atomic mass is 35.5. The Balaban J connectivity index is 2.43. The van der Waals surface area contributed by atoms with Crippen molar-refractivity contribution in [2.75, 3.05) is 0 Å². The highest BCUT2D eigenvalue weighted by Crippen LogP contribution is 2.32. The van der Waals surface area contributed by atoms with Gasteiger partial charge in [-0.05, 0) is 6.42 Å². The average Bonchev–Trinajstić information content (AvgIpc) is 2.63. The lowest BCUT2D eigenvalue weighted by Crippen LogP contribution is -2.19. The minimum Gasteiger partial charge on any atom is -0.361 e. The fourth-order valence-corrected chi connectivity index (χ4v) is 1.92. The summed E-state index contributed by atoms with van der Waals surface area (Å²) in [6.45, 7) is 1.87. The molecule has 0 N–H and O–H groups in total. The molecule has 0 aliphatic heterocycles. The maximum absolute atomic E-state index is 11.9. The lowest BCUT2D eigenvalue weighted by atomic mass is 10.1. The molecule has 1 aromatic rings. The Labute approximate surface area is 104 Å². The van der Waals surface area contributed by atoms with Gasteiger partial charge in [-0.25, -0.2) is 0 Å². The van der Waals surface area contributed by atoms with Crippen LogP contribution >= 0.6 is 11.6 Å². The van der Waals surface area contributed by atoms with Crippen LogP contribution in [0.5, 0.6) is 0 Å². The van der Waals surface area contributed by atoms with E-state index in [-0.39, 0.29) is 11.5 Å². The Morgan fingerprint density at radius 2 is 2.24 bits per heavy atom. The van der Waals surface area contributed by atoms with Crippen molar-refractivity contribution in [3.05, 3.63) is 40.9 Å². The maximum Gasteiger partial charge on any atom is 0.372 e. The van der Waals surface area contributed by atoms with Gasteiger partial charge in [0, 0.05) is 11.1 Å². The lowest BCUT2D eigenvalue weighted by molar-refractivity contribution is -0.0331. The Morgan fingerprint density at radius 1 is 1.53 bits per heavy atom. The van der Waals surface area contributed by atoms with Crippen molar-refractivity contribution in [1.82, 2.24) is 0 Å². The highest BCUT2D eigenvalue weighted by molar-refractivity contribution is 6.48. The van der Waals surface area contributed by atoms with Crippen LogP contribution in [0.1, 0.15) is 35.4 Å². The van der Waals surface area contributed by atoms with Crippen LogP contribution in [0.3, 0.4) is 0 Å². The van der Waals surface area contributed by atoms with Crippen LogP contribution in [0.15, 0.2) is 24.3 Å². The van der Waals surface area contributed by atoms with E-state index >= 15 is 0 Å². The minimum atomic E-state index is -0.675. The maximum atomic E-state index is 11.9. The SMILES string of the molecule is CCC(Cl)OC1C(=[N+]=[N-])C(=O)c2ccccc21. The normalized spacial score (nSPS) is 20.0. The number of carbonyl (C=O) groups excluding carboxylic acids is 1. The second-order valence-electron chi connectivity index (χ2n) is 3.74. The molecule has 0 heterocycles. The molecule has 0 aromatic heterocycles. The van der Waals surface area contributed by atoms with Crippen molar-refractivity contribution in [2.24, 2.45) is 0 Å². The molecule has 2 atom stereocenters. The van der Waals surface area contributed by atoms with Gasteiger partial charge in [0.1, 0.15) is 5.56 Å². The predicted molar refractivity (Wildman–Crippen MR) is 63.2 cm³/mol. The van der Waals surface area contributed by atoms with Crippen LogP contribution < -0.4 is 0 Å². The topological polar surface area (TPSA) is 62.7 Å². The standard InChI is InChI=1S/C12H11ClN2O2/c1-2-9(13)17-12-8-6-4-3-5-7(8)11(16)10(12)15-14/h3-6,9,12H,2H2,1H3. The van der Waals surface area contributed by atoms with Crippen molar-refractivity contribution in [3.63, 3.8) is 0 Å². The molecule has 2 rings (SSSR count). The third-order valence-electron chi connectivity index (χ3n) is 2.68. The number of Topliss-reactive ketones (excluding diaryl/α,β-unsaturated/α-hetero) is 1. The van der Waals surface area contributed by atoms with Crippen LogP contribution in [-0.2, 0) is 4.74 Å². The minimum absolute atomic E-state index is 0.00898. The Morgan fingerprint density at radius 3 is 2.88 bits per heavy atom. The van der Waals surface area contributed by atoms with Gasteiger partial charge in [0.2, 0.25) is 0 Å². The number of nitrogens with zero attached hydrogens (tertiary/aromatic N) is 2. The smallest absolute Gasteiger partial charge is 0.361 e. The first-order valence-corrected chi connectivity index (χ1v) is 5.77. The number of halogens is 1. The van der Waals surface area contributed by atoms with E-state index < -0.39 is 11.7 Å². The van der Waals surface area contributed by atoms with E-state index in [1.165, 1.54) is 0 Å². The van der Waals surface area contributed by atoms with Gasteiger partial charge in [-0.15, -0.1) is 0 Å². The van der Waals surface area contributed by atoms with Crippen molar-refractivity contribution >= 4 is 23.1 Å². The summed E-state index contributed by atoms with van der Waals surface area (Å²) in [5.41, 5.74) is 9.59. The second kappa shape index (κ2) is 4.80. The van der Waals surface area contributed by atoms with Crippen molar-refractivity contribution in [2.45, 2.75) is 25.0 Å². The predicted octanol–water partition coefficient (Wildman–Crippen LogP) is 2.59. The molecule has 1 aromatic carbocycles. The first kappa shape index (κ1) is 12.0. The summed E-state index contributed by atoms with van der Waals surface area (Å²) in [5, 5.41) is 0. The van der Waals surface area contributed by atoms with E-state index in [1.807, 2.05) is 6.92 Å². The summed E-state index contributed by atoms with van der Waals surface area (Å²) in [6, 6.07) is 7.01. The molecule has 0 amide bonds. The Kier molecular flexibility index (Phi) is 3.38.